The van der Waals surface area contributed by atoms with E-state index in [9.17, 15) is 13.6 Å². The molecule has 2 rings (SSSR count). The first kappa shape index (κ1) is 12.8. The molecule has 4 nitrogen and oxygen atoms in total. The summed E-state index contributed by atoms with van der Waals surface area (Å²) >= 11 is 0. The van der Waals surface area contributed by atoms with Crippen LogP contribution >= 0.6 is 0 Å². The maximum Gasteiger partial charge on any atom is 0.317 e. The molecule has 0 unspecified atom stereocenters. The van der Waals surface area contributed by atoms with E-state index in [4.69, 9.17) is 4.74 Å². The highest BCUT2D eigenvalue weighted by atomic mass is 19.2. The van der Waals surface area contributed by atoms with Gasteiger partial charge in [0.05, 0.1) is 13.2 Å². The molecule has 0 radical (unpaired) electrons. The van der Waals surface area contributed by atoms with Gasteiger partial charge in [-0.3, -0.25) is 0 Å². The lowest BCUT2D eigenvalue weighted by Crippen LogP contribution is -2.45. The van der Waals surface area contributed by atoms with Crippen molar-refractivity contribution in [3.8, 4) is 0 Å². The van der Waals surface area contributed by atoms with Crippen LogP contribution in [0.5, 0.6) is 0 Å². The molecule has 6 heteroatoms. The summed E-state index contributed by atoms with van der Waals surface area (Å²) in [7, 11) is 0. The van der Waals surface area contributed by atoms with Crippen LogP contribution in [-0.2, 0) is 11.3 Å². The maximum atomic E-state index is 12.9. The van der Waals surface area contributed by atoms with E-state index in [1.807, 2.05) is 0 Å². The molecular weight excluding hydrogens is 242 g/mol. The zero-order chi connectivity index (χ0) is 13.0. The van der Waals surface area contributed by atoms with Gasteiger partial charge in [0.2, 0.25) is 0 Å². The van der Waals surface area contributed by atoms with Crippen molar-refractivity contribution in [3.63, 3.8) is 0 Å². The molecule has 98 valence electrons. The number of morpholine rings is 1. The van der Waals surface area contributed by atoms with E-state index in [2.05, 4.69) is 5.32 Å². The molecule has 1 aromatic carbocycles. The Hall–Kier alpha value is -1.69. The molecule has 1 saturated heterocycles. The van der Waals surface area contributed by atoms with E-state index in [-0.39, 0.29) is 12.6 Å². The first-order valence-corrected chi connectivity index (χ1v) is 5.71. The second kappa shape index (κ2) is 5.77. The van der Waals surface area contributed by atoms with Crippen LogP contribution in [0.25, 0.3) is 0 Å². The molecule has 0 bridgehead atoms. The van der Waals surface area contributed by atoms with Gasteiger partial charge in [0, 0.05) is 19.6 Å². The SMILES string of the molecule is O=C(NCc1ccc(F)c(F)c1)N1CCOCC1. The fourth-order valence-corrected chi connectivity index (χ4v) is 1.71. The van der Waals surface area contributed by atoms with Crippen LogP contribution in [0.1, 0.15) is 5.56 Å². The largest absolute Gasteiger partial charge is 0.378 e. The van der Waals surface area contributed by atoms with E-state index in [0.717, 1.165) is 12.1 Å². The maximum absolute atomic E-state index is 12.9. The van der Waals surface area contributed by atoms with Crippen LogP contribution < -0.4 is 5.32 Å². The van der Waals surface area contributed by atoms with Gasteiger partial charge in [0.1, 0.15) is 0 Å². The van der Waals surface area contributed by atoms with Crippen LogP contribution in [0.3, 0.4) is 0 Å². The Bertz CT molecular complexity index is 434. The van der Waals surface area contributed by atoms with Gasteiger partial charge in [0.15, 0.2) is 11.6 Å². The van der Waals surface area contributed by atoms with Crippen LogP contribution in [0, 0.1) is 11.6 Å². The van der Waals surface area contributed by atoms with Crippen molar-refractivity contribution in [2.45, 2.75) is 6.54 Å². The summed E-state index contributed by atoms with van der Waals surface area (Å²) in [6, 6.07) is 3.35. The number of nitrogens with one attached hydrogen (secondary N) is 1. The number of carbonyl (C=O) groups is 1. The van der Waals surface area contributed by atoms with Gasteiger partial charge in [-0.25, -0.2) is 13.6 Å². The molecule has 0 aliphatic carbocycles. The van der Waals surface area contributed by atoms with Crippen LogP contribution in [0.15, 0.2) is 18.2 Å². The van der Waals surface area contributed by atoms with Crippen LogP contribution in [0.4, 0.5) is 13.6 Å². The number of ether oxygens (including phenoxy) is 1. The van der Waals surface area contributed by atoms with Gasteiger partial charge in [-0.2, -0.15) is 0 Å². The first-order valence-electron chi connectivity index (χ1n) is 5.71. The highest BCUT2D eigenvalue weighted by molar-refractivity contribution is 5.74. The fourth-order valence-electron chi connectivity index (χ4n) is 1.71. The second-order valence-electron chi connectivity index (χ2n) is 4.01. The van der Waals surface area contributed by atoms with Gasteiger partial charge in [-0.15, -0.1) is 0 Å². The van der Waals surface area contributed by atoms with E-state index in [1.54, 1.807) is 4.90 Å². The van der Waals surface area contributed by atoms with Gasteiger partial charge in [-0.1, -0.05) is 6.07 Å². The zero-order valence-corrected chi connectivity index (χ0v) is 9.79. The van der Waals surface area contributed by atoms with Crippen molar-refractivity contribution in [2.24, 2.45) is 0 Å². The highest BCUT2D eigenvalue weighted by Gasteiger charge is 2.16. The van der Waals surface area contributed by atoms with Crippen molar-refractivity contribution in [1.29, 1.82) is 0 Å². The molecule has 0 saturated carbocycles. The normalized spacial score (nSPS) is 15.6. The number of hydrogen-bond donors (Lipinski definition) is 1. The number of halogens is 2. The summed E-state index contributed by atoms with van der Waals surface area (Å²) in [6.45, 7) is 2.32. The van der Waals surface area contributed by atoms with Gasteiger partial charge >= 0.3 is 6.03 Å². The molecule has 1 aliphatic heterocycles. The minimum absolute atomic E-state index is 0.174. The average molecular weight is 256 g/mol. The van der Waals surface area contributed by atoms with E-state index in [0.29, 0.717) is 31.9 Å². The number of hydrogen-bond acceptors (Lipinski definition) is 2. The lowest BCUT2D eigenvalue weighted by atomic mass is 10.2. The van der Waals surface area contributed by atoms with E-state index < -0.39 is 11.6 Å². The number of rotatable bonds is 2. The Balaban J connectivity index is 1.86. The van der Waals surface area contributed by atoms with Crippen LogP contribution in [0.2, 0.25) is 0 Å². The number of amides is 2. The Labute approximate surface area is 104 Å². The topological polar surface area (TPSA) is 41.6 Å². The Morgan fingerprint density at radius 2 is 2.00 bits per heavy atom. The minimum Gasteiger partial charge on any atom is -0.378 e. The quantitative estimate of drug-likeness (QED) is 0.871. The molecule has 1 N–H and O–H groups in total. The van der Waals surface area contributed by atoms with Crippen molar-refractivity contribution in [1.82, 2.24) is 10.2 Å². The summed E-state index contributed by atoms with van der Waals surface area (Å²) in [5, 5.41) is 2.66. The molecule has 1 aliphatic rings. The predicted molar refractivity (Wildman–Crippen MR) is 61.0 cm³/mol. The van der Waals surface area contributed by atoms with E-state index >= 15 is 0 Å². The lowest BCUT2D eigenvalue weighted by molar-refractivity contribution is 0.0531. The Morgan fingerprint density at radius 3 is 2.67 bits per heavy atom. The first-order chi connectivity index (χ1) is 8.66. The Morgan fingerprint density at radius 1 is 1.28 bits per heavy atom. The van der Waals surface area contributed by atoms with Crippen molar-refractivity contribution >= 4 is 6.03 Å². The smallest absolute Gasteiger partial charge is 0.317 e. The molecule has 2 amide bonds. The predicted octanol–water partition coefficient (Wildman–Crippen LogP) is 1.51. The van der Waals surface area contributed by atoms with Gasteiger partial charge in [0.25, 0.3) is 0 Å². The monoisotopic (exact) mass is 256 g/mol. The third kappa shape index (κ3) is 3.16. The number of nitrogens with zero attached hydrogens (tertiary/aromatic N) is 1. The van der Waals surface area contributed by atoms with E-state index in [1.165, 1.54) is 6.07 Å². The zero-order valence-electron chi connectivity index (χ0n) is 9.79. The molecular formula is C12H14F2N2O2. The lowest BCUT2D eigenvalue weighted by Gasteiger charge is -2.26. The molecule has 18 heavy (non-hydrogen) atoms. The Kier molecular flexibility index (Phi) is 4.09. The van der Waals surface area contributed by atoms with Crippen LogP contribution in [-0.4, -0.2) is 37.2 Å². The van der Waals surface area contributed by atoms with Crippen molar-refractivity contribution in [2.75, 3.05) is 26.3 Å². The summed E-state index contributed by atoms with van der Waals surface area (Å²) in [4.78, 5) is 13.3. The van der Waals surface area contributed by atoms with Gasteiger partial charge < -0.3 is 15.0 Å². The summed E-state index contributed by atoms with van der Waals surface area (Å²) in [5.74, 6) is -1.80. The van der Waals surface area contributed by atoms with Gasteiger partial charge in [-0.05, 0) is 17.7 Å². The number of urea groups is 1. The summed E-state index contributed by atoms with van der Waals surface area (Å²) in [5.41, 5.74) is 0.524. The number of carbonyl (C=O) groups excluding carboxylic acids is 1. The second-order valence-corrected chi connectivity index (χ2v) is 4.01. The summed E-state index contributed by atoms with van der Waals surface area (Å²) in [6.07, 6.45) is 0. The molecule has 0 spiro atoms. The van der Waals surface area contributed by atoms with Crippen molar-refractivity contribution in [3.05, 3.63) is 35.4 Å². The molecule has 1 aromatic rings. The number of benzene rings is 1. The minimum atomic E-state index is -0.909. The third-order valence-corrected chi connectivity index (χ3v) is 2.73. The highest BCUT2D eigenvalue weighted by Crippen LogP contribution is 2.08. The average Bonchev–Trinajstić information content (AvgIpc) is 2.41. The molecule has 1 fully saturated rings. The molecule has 1 heterocycles. The standard InChI is InChI=1S/C12H14F2N2O2/c13-10-2-1-9(7-11(10)14)8-15-12(17)16-3-5-18-6-4-16/h1-2,7H,3-6,8H2,(H,15,17). The fraction of sp³-hybridized carbons (Fsp3) is 0.417. The summed E-state index contributed by atoms with van der Waals surface area (Å²) < 4.78 is 30.8. The van der Waals surface area contributed by atoms with Crippen molar-refractivity contribution < 1.29 is 18.3 Å². The molecule has 0 atom stereocenters. The third-order valence-electron chi connectivity index (χ3n) is 2.73. The molecule has 0 aromatic heterocycles.